The lowest BCUT2D eigenvalue weighted by molar-refractivity contribution is -0.136. The molecule has 0 fully saturated rings. The van der Waals surface area contributed by atoms with Crippen LogP contribution in [-0.2, 0) is 9.59 Å². The number of nitrogens with one attached hydrogen (secondary N) is 1. The van der Waals surface area contributed by atoms with Gasteiger partial charge in [-0.3, -0.25) is 14.5 Å². The monoisotopic (exact) mass is 380 g/mol. The van der Waals surface area contributed by atoms with E-state index in [9.17, 15) is 9.59 Å². The second kappa shape index (κ2) is 8.17. The van der Waals surface area contributed by atoms with E-state index in [4.69, 9.17) is 9.47 Å². The third kappa shape index (κ3) is 3.58. The molecule has 2 amide bonds. The topological polar surface area (TPSA) is 67.9 Å². The number of nitrogens with zero attached hydrogens (tertiary/aromatic N) is 1. The number of hydrogen-bond donors (Lipinski definition) is 1. The third-order valence-electron chi connectivity index (χ3n) is 4.55. The Morgan fingerprint density at radius 3 is 2.32 bits per heavy atom. The molecule has 0 radical (unpaired) electrons. The lowest BCUT2D eigenvalue weighted by Gasteiger charge is -2.14. The summed E-state index contributed by atoms with van der Waals surface area (Å²) in [6.07, 6.45) is 0. The van der Waals surface area contributed by atoms with E-state index in [-0.39, 0.29) is 17.5 Å². The summed E-state index contributed by atoms with van der Waals surface area (Å²) in [6, 6.07) is 12.8. The van der Waals surface area contributed by atoms with E-state index in [1.165, 1.54) is 4.90 Å². The van der Waals surface area contributed by atoms with Crippen LogP contribution in [0.3, 0.4) is 0 Å². The Balaban J connectivity index is 2.08. The molecule has 28 heavy (non-hydrogen) atoms. The van der Waals surface area contributed by atoms with E-state index in [2.05, 4.69) is 5.32 Å². The van der Waals surface area contributed by atoms with Gasteiger partial charge in [0.1, 0.15) is 17.2 Å². The van der Waals surface area contributed by atoms with Crippen LogP contribution < -0.4 is 14.8 Å². The molecule has 0 saturated carbocycles. The number of benzene rings is 2. The van der Waals surface area contributed by atoms with Gasteiger partial charge in [-0.25, -0.2) is 0 Å². The zero-order valence-corrected chi connectivity index (χ0v) is 16.5. The quantitative estimate of drug-likeness (QED) is 0.743. The molecule has 0 atom stereocenters. The summed E-state index contributed by atoms with van der Waals surface area (Å²) in [5.74, 6) is 0.649. The number of anilines is 1. The fourth-order valence-electron chi connectivity index (χ4n) is 3.19. The average molecular weight is 380 g/mol. The molecule has 1 aliphatic heterocycles. The van der Waals surface area contributed by atoms with Crippen LogP contribution in [0, 0.1) is 6.92 Å². The van der Waals surface area contributed by atoms with Gasteiger partial charge in [0.05, 0.1) is 25.0 Å². The first-order valence-electron chi connectivity index (χ1n) is 9.25. The minimum atomic E-state index is -0.347. The molecule has 0 aliphatic carbocycles. The van der Waals surface area contributed by atoms with E-state index in [1.54, 1.807) is 38.3 Å². The first-order valence-corrected chi connectivity index (χ1v) is 9.25. The van der Waals surface area contributed by atoms with E-state index < -0.39 is 0 Å². The Labute approximate surface area is 164 Å². The van der Waals surface area contributed by atoms with Crippen LogP contribution in [-0.4, -0.2) is 37.0 Å². The highest BCUT2D eigenvalue weighted by Gasteiger charge is 2.38. The summed E-state index contributed by atoms with van der Waals surface area (Å²) in [4.78, 5) is 27.1. The smallest absolute Gasteiger partial charge is 0.278 e. The predicted octanol–water partition coefficient (Wildman–Crippen LogP) is 3.61. The van der Waals surface area contributed by atoms with Crippen molar-refractivity contribution in [2.45, 2.75) is 20.8 Å². The number of aryl methyl sites for hydroxylation is 1. The lowest BCUT2D eigenvalue weighted by Crippen LogP contribution is -2.32. The Morgan fingerprint density at radius 2 is 1.71 bits per heavy atom. The Hall–Kier alpha value is -3.28. The molecule has 0 saturated heterocycles. The van der Waals surface area contributed by atoms with Crippen LogP contribution in [0.5, 0.6) is 11.5 Å². The van der Waals surface area contributed by atoms with Crippen molar-refractivity contribution in [1.82, 2.24) is 4.90 Å². The summed E-state index contributed by atoms with van der Waals surface area (Å²) in [7, 11) is 1.57. The summed E-state index contributed by atoms with van der Waals surface area (Å²) < 4.78 is 10.9. The molecule has 2 aromatic rings. The molecule has 6 heteroatoms. The number of ether oxygens (including phenoxy) is 2. The van der Waals surface area contributed by atoms with Crippen LogP contribution in [0.1, 0.15) is 25.0 Å². The number of methoxy groups -OCH3 is 1. The zero-order chi connectivity index (χ0) is 20.3. The number of carbonyl (C=O) groups is 2. The molecule has 0 unspecified atom stereocenters. The Bertz CT molecular complexity index is 932. The van der Waals surface area contributed by atoms with Crippen molar-refractivity contribution in [1.29, 1.82) is 0 Å². The van der Waals surface area contributed by atoms with Crippen molar-refractivity contribution in [3.05, 3.63) is 59.3 Å². The summed E-state index contributed by atoms with van der Waals surface area (Å²) in [6.45, 7) is 6.50. The highest BCUT2D eigenvalue weighted by Crippen LogP contribution is 2.34. The number of carbonyl (C=O) groups excluding carboxylic acids is 2. The summed E-state index contributed by atoms with van der Waals surface area (Å²) in [5.41, 5.74) is 2.90. The van der Waals surface area contributed by atoms with Gasteiger partial charge < -0.3 is 14.8 Å². The molecular weight excluding hydrogens is 356 g/mol. The number of hydrogen-bond acceptors (Lipinski definition) is 5. The van der Waals surface area contributed by atoms with Crippen LogP contribution >= 0.6 is 0 Å². The van der Waals surface area contributed by atoms with Gasteiger partial charge in [-0.2, -0.15) is 0 Å². The van der Waals surface area contributed by atoms with Gasteiger partial charge in [0, 0.05) is 6.54 Å². The summed E-state index contributed by atoms with van der Waals surface area (Å²) >= 11 is 0. The minimum Gasteiger partial charge on any atom is -0.495 e. The van der Waals surface area contributed by atoms with Gasteiger partial charge in [0.25, 0.3) is 11.8 Å². The van der Waals surface area contributed by atoms with Gasteiger partial charge in [-0.1, -0.05) is 18.2 Å². The third-order valence-corrected chi connectivity index (χ3v) is 4.55. The van der Waals surface area contributed by atoms with Crippen LogP contribution in [0.15, 0.2) is 48.2 Å². The molecule has 0 spiro atoms. The number of likely N-dealkylation sites (N-methyl/N-ethyl adjacent to an activating group) is 1. The second-order valence-corrected chi connectivity index (χ2v) is 6.39. The molecule has 1 heterocycles. The minimum absolute atomic E-state index is 0.250. The van der Waals surface area contributed by atoms with E-state index in [0.717, 1.165) is 5.56 Å². The van der Waals surface area contributed by atoms with E-state index in [0.29, 0.717) is 41.5 Å². The standard InChI is InChI=1S/C22H24N2O4/c1-5-24-21(25)19(15-8-10-16(11-9-15)28-6-2)20(22(24)26)23-17-13-14(3)7-12-18(17)27-4/h7-13,23H,5-6H2,1-4H3. The highest BCUT2D eigenvalue weighted by molar-refractivity contribution is 6.36. The maximum atomic E-state index is 12.9. The Morgan fingerprint density at radius 1 is 1.00 bits per heavy atom. The van der Waals surface area contributed by atoms with Crippen LogP contribution in [0.4, 0.5) is 5.69 Å². The SMILES string of the molecule is CCOc1ccc(C2=C(Nc3cc(C)ccc3OC)C(=O)N(CC)C2=O)cc1. The fraction of sp³-hybridized carbons (Fsp3) is 0.273. The fourth-order valence-corrected chi connectivity index (χ4v) is 3.19. The second-order valence-electron chi connectivity index (χ2n) is 6.39. The molecule has 2 aromatic carbocycles. The average Bonchev–Trinajstić information content (AvgIpc) is 2.92. The number of imide groups is 1. The number of amides is 2. The number of rotatable bonds is 7. The van der Waals surface area contributed by atoms with Crippen molar-refractivity contribution in [3.8, 4) is 11.5 Å². The van der Waals surface area contributed by atoms with Gasteiger partial charge in [-0.05, 0) is 56.2 Å². The maximum Gasteiger partial charge on any atom is 0.278 e. The first kappa shape index (κ1) is 19.5. The molecule has 1 N–H and O–H groups in total. The molecule has 1 aliphatic rings. The molecule has 3 rings (SSSR count). The summed E-state index contributed by atoms with van der Waals surface area (Å²) in [5, 5.41) is 3.15. The van der Waals surface area contributed by atoms with E-state index >= 15 is 0 Å². The predicted molar refractivity (Wildman–Crippen MR) is 108 cm³/mol. The Kier molecular flexibility index (Phi) is 5.68. The van der Waals surface area contributed by atoms with Gasteiger partial charge >= 0.3 is 0 Å². The molecule has 146 valence electrons. The van der Waals surface area contributed by atoms with E-state index in [1.807, 2.05) is 32.0 Å². The normalized spacial score (nSPS) is 13.9. The zero-order valence-electron chi connectivity index (χ0n) is 16.5. The van der Waals surface area contributed by atoms with Crippen LogP contribution in [0.2, 0.25) is 0 Å². The van der Waals surface area contributed by atoms with Crippen molar-refractivity contribution in [2.75, 3.05) is 25.6 Å². The lowest BCUT2D eigenvalue weighted by atomic mass is 10.0. The van der Waals surface area contributed by atoms with Gasteiger partial charge in [-0.15, -0.1) is 0 Å². The maximum absolute atomic E-state index is 12.9. The first-order chi connectivity index (χ1) is 13.5. The molecule has 6 nitrogen and oxygen atoms in total. The molecule has 0 bridgehead atoms. The van der Waals surface area contributed by atoms with Gasteiger partial charge in [0.2, 0.25) is 0 Å². The van der Waals surface area contributed by atoms with Crippen molar-refractivity contribution < 1.29 is 19.1 Å². The van der Waals surface area contributed by atoms with Crippen molar-refractivity contribution in [2.24, 2.45) is 0 Å². The van der Waals surface area contributed by atoms with Crippen molar-refractivity contribution >= 4 is 23.1 Å². The molecule has 0 aromatic heterocycles. The largest absolute Gasteiger partial charge is 0.495 e. The van der Waals surface area contributed by atoms with Crippen molar-refractivity contribution in [3.63, 3.8) is 0 Å². The van der Waals surface area contributed by atoms with Crippen LogP contribution in [0.25, 0.3) is 5.57 Å². The van der Waals surface area contributed by atoms with Gasteiger partial charge in [0.15, 0.2) is 0 Å². The highest BCUT2D eigenvalue weighted by atomic mass is 16.5. The molecular formula is C22H24N2O4.